The average Bonchev–Trinajstić information content (AvgIpc) is 2.82. The fraction of sp³-hybridized carbons (Fsp3) is 0.636. The van der Waals surface area contributed by atoms with Crippen molar-refractivity contribution in [3.8, 4) is 0 Å². The van der Waals surface area contributed by atoms with Crippen molar-refractivity contribution < 1.29 is 22.7 Å². The van der Waals surface area contributed by atoms with E-state index in [1.54, 1.807) is 24.3 Å². The molecule has 0 saturated carbocycles. The SMILES string of the molecule is CNS(=O)(=O)c1ccc(CCC(=O)N2CCC([C@@H]3NC(=O)N[C@H]4OCCC[C@H]43)CC2)cc1. The molecule has 3 atom stereocenters. The lowest BCUT2D eigenvalue weighted by atomic mass is 9.77. The lowest BCUT2D eigenvalue weighted by Crippen LogP contribution is -2.65. The maximum atomic E-state index is 12.7. The van der Waals surface area contributed by atoms with Crippen molar-refractivity contribution >= 4 is 22.0 Å². The third-order valence-electron chi connectivity index (χ3n) is 6.93. The van der Waals surface area contributed by atoms with Crippen molar-refractivity contribution in [2.75, 3.05) is 26.7 Å². The molecule has 9 nitrogen and oxygen atoms in total. The predicted molar refractivity (Wildman–Crippen MR) is 118 cm³/mol. The molecule has 3 N–H and O–H groups in total. The second-order valence-corrected chi connectivity index (χ2v) is 10.7. The summed E-state index contributed by atoms with van der Waals surface area (Å²) in [7, 11) is -2.07. The molecule has 176 valence electrons. The van der Waals surface area contributed by atoms with Crippen molar-refractivity contribution in [2.24, 2.45) is 11.8 Å². The number of sulfonamides is 1. The van der Waals surface area contributed by atoms with Gasteiger partial charge in [-0.2, -0.15) is 0 Å². The molecule has 10 heteroatoms. The van der Waals surface area contributed by atoms with Gasteiger partial charge in [0.05, 0.1) is 4.90 Å². The molecule has 3 heterocycles. The molecule has 0 aliphatic carbocycles. The highest BCUT2D eigenvalue weighted by Crippen LogP contribution is 2.33. The average molecular weight is 465 g/mol. The van der Waals surface area contributed by atoms with Crippen LogP contribution < -0.4 is 15.4 Å². The molecule has 3 aliphatic rings. The number of likely N-dealkylation sites (tertiary alicyclic amines) is 1. The Hall–Kier alpha value is -2.17. The highest BCUT2D eigenvalue weighted by molar-refractivity contribution is 7.89. The Bertz CT molecular complexity index is 928. The summed E-state index contributed by atoms with van der Waals surface area (Å²) in [6, 6.07) is 6.57. The van der Waals surface area contributed by atoms with Crippen LogP contribution in [0.4, 0.5) is 4.79 Å². The number of nitrogens with zero attached hydrogens (tertiary/aromatic N) is 1. The zero-order valence-electron chi connectivity index (χ0n) is 18.4. The minimum Gasteiger partial charge on any atom is -0.358 e. The Balaban J connectivity index is 1.27. The zero-order chi connectivity index (χ0) is 22.7. The first-order chi connectivity index (χ1) is 15.4. The second kappa shape index (κ2) is 9.76. The van der Waals surface area contributed by atoms with Gasteiger partial charge in [0.15, 0.2) is 0 Å². The van der Waals surface area contributed by atoms with E-state index < -0.39 is 10.0 Å². The summed E-state index contributed by atoms with van der Waals surface area (Å²) in [6.07, 6.45) is 4.56. The summed E-state index contributed by atoms with van der Waals surface area (Å²) < 4.78 is 31.7. The van der Waals surface area contributed by atoms with Crippen LogP contribution in [0.1, 0.15) is 37.7 Å². The highest BCUT2D eigenvalue weighted by atomic mass is 32.2. The summed E-state index contributed by atoms with van der Waals surface area (Å²) in [5, 5.41) is 6.00. The molecule has 0 unspecified atom stereocenters. The maximum absolute atomic E-state index is 12.7. The van der Waals surface area contributed by atoms with E-state index in [-0.39, 0.29) is 35.0 Å². The van der Waals surface area contributed by atoms with Gasteiger partial charge in [0, 0.05) is 38.1 Å². The van der Waals surface area contributed by atoms with E-state index in [0.29, 0.717) is 38.5 Å². The number of amides is 3. The molecule has 1 aromatic rings. The number of hydrogen-bond acceptors (Lipinski definition) is 5. The van der Waals surface area contributed by atoms with Crippen molar-refractivity contribution in [1.29, 1.82) is 0 Å². The number of fused-ring (bicyclic) bond motifs is 1. The first-order valence-corrected chi connectivity index (χ1v) is 12.8. The number of ether oxygens (including phenoxy) is 1. The quantitative estimate of drug-likeness (QED) is 0.585. The topological polar surface area (TPSA) is 117 Å². The summed E-state index contributed by atoms with van der Waals surface area (Å²) in [5.41, 5.74) is 0.934. The van der Waals surface area contributed by atoms with Gasteiger partial charge in [0.25, 0.3) is 0 Å². The fourth-order valence-corrected chi connectivity index (χ4v) is 5.82. The lowest BCUT2D eigenvalue weighted by molar-refractivity contribution is -0.133. The Labute approximate surface area is 189 Å². The third kappa shape index (κ3) is 5.07. The molecule has 4 rings (SSSR count). The molecule has 0 radical (unpaired) electrons. The monoisotopic (exact) mass is 464 g/mol. The normalized spacial score (nSPS) is 26.7. The number of carbonyl (C=O) groups is 2. The van der Waals surface area contributed by atoms with Crippen LogP contribution in [0.2, 0.25) is 0 Å². The van der Waals surface area contributed by atoms with Crippen molar-refractivity contribution in [2.45, 2.75) is 55.7 Å². The Morgan fingerprint density at radius 2 is 1.88 bits per heavy atom. The molecule has 3 aliphatic heterocycles. The van der Waals surface area contributed by atoms with E-state index in [4.69, 9.17) is 4.74 Å². The molecule has 32 heavy (non-hydrogen) atoms. The van der Waals surface area contributed by atoms with Crippen LogP contribution >= 0.6 is 0 Å². The second-order valence-electron chi connectivity index (χ2n) is 8.81. The van der Waals surface area contributed by atoms with Gasteiger partial charge >= 0.3 is 6.03 Å². The summed E-state index contributed by atoms with van der Waals surface area (Å²) in [4.78, 5) is 26.9. The largest absolute Gasteiger partial charge is 0.358 e. The standard InChI is InChI=1S/C22H32N4O5S/c1-23-32(29,30)17-7-4-15(5-8-17)6-9-19(27)26-12-10-16(11-13-26)20-18-3-2-14-31-21(18)25-22(28)24-20/h4-5,7-8,16,18,20-21,23H,2-3,6,9-14H2,1H3,(H2,24,25,28)/t18-,20-,21-/m0/s1. The van der Waals surface area contributed by atoms with E-state index in [2.05, 4.69) is 15.4 Å². The Kier molecular flexibility index (Phi) is 7.02. The van der Waals surface area contributed by atoms with Gasteiger partial charge in [-0.3, -0.25) is 4.79 Å². The van der Waals surface area contributed by atoms with Gasteiger partial charge in [-0.05, 0) is 62.8 Å². The maximum Gasteiger partial charge on any atom is 0.317 e. The van der Waals surface area contributed by atoms with Crippen LogP contribution in [-0.4, -0.2) is 64.3 Å². The molecule has 0 bridgehead atoms. The van der Waals surface area contributed by atoms with Gasteiger partial charge in [-0.1, -0.05) is 12.1 Å². The van der Waals surface area contributed by atoms with Crippen LogP contribution in [0.5, 0.6) is 0 Å². The van der Waals surface area contributed by atoms with Crippen LogP contribution in [0.25, 0.3) is 0 Å². The molecule has 0 spiro atoms. The fourth-order valence-electron chi connectivity index (χ4n) is 5.09. The predicted octanol–water partition coefficient (Wildman–Crippen LogP) is 1.20. The summed E-state index contributed by atoms with van der Waals surface area (Å²) >= 11 is 0. The van der Waals surface area contributed by atoms with Crippen LogP contribution in [0.3, 0.4) is 0 Å². The Morgan fingerprint density at radius 1 is 1.16 bits per heavy atom. The number of hydrogen-bond donors (Lipinski definition) is 3. The molecule has 3 amide bonds. The van der Waals surface area contributed by atoms with Crippen molar-refractivity contribution in [3.05, 3.63) is 29.8 Å². The molecule has 1 aromatic carbocycles. The van der Waals surface area contributed by atoms with E-state index in [0.717, 1.165) is 31.2 Å². The Morgan fingerprint density at radius 3 is 2.56 bits per heavy atom. The van der Waals surface area contributed by atoms with Crippen molar-refractivity contribution in [1.82, 2.24) is 20.3 Å². The van der Waals surface area contributed by atoms with E-state index >= 15 is 0 Å². The van der Waals surface area contributed by atoms with Crippen LogP contribution in [0.15, 0.2) is 29.2 Å². The van der Waals surface area contributed by atoms with Crippen molar-refractivity contribution in [3.63, 3.8) is 0 Å². The third-order valence-corrected chi connectivity index (χ3v) is 8.36. The molecule has 3 fully saturated rings. The van der Waals surface area contributed by atoms with Gasteiger partial charge in [0.2, 0.25) is 15.9 Å². The van der Waals surface area contributed by atoms with Gasteiger partial charge in [-0.25, -0.2) is 17.9 Å². The molecule has 3 saturated heterocycles. The number of aryl methyl sites for hydroxylation is 1. The lowest BCUT2D eigenvalue weighted by Gasteiger charge is -2.46. The number of piperidine rings is 1. The summed E-state index contributed by atoms with van der Waals surface area (Å²) in [6.45, 7) is 2.08. The summed E-state index contributed by atoms with van der Waals surface area (Å²) in [5.74, 6) is 0.743. The van der Waals surface area contributed by atoms with E-state index in [1.807, 2.05) is 4.90 Å². The zero-order valence-corrected chi connectivity index (χ0v) is 19.2. The van der Waals surface area contributed by atoms with E-state index in [1.165, 1.54) is 7.05 Å². The van der Waals surface area contributed by atoms with E-state index in [9.17, 15) is 18.0 Å². The van der Waals surface area contributed by atoms with Crippen LogP contribution in [-0.2, 0) is 26.0 Å². The molecule has 0 aromatic heterocycles. The molecular formula is C22H32N4O5S. The number of nitrogens with one attached hydrogen (secondary N) is 3. The van der Waals surface area contributed by atoms with Crippen LogP contribution in [0, 0.1) is 11.8 Å². The highest BCUT2D eigenvalue weighted by Gasteiger charge is 2.43. The smallest absolute Gasteiger partial charge is 0.317 e. The number of benzene rings is 1. The van der Waals surface area contributed by atoms with Gasteiger partial charge < -0.3 is 20.3 Å². The molecular weight excluding hydrogens is 432 g/mol. The minimum atomic E-state index is -3.45. The number of urea groups is 1. The minimum absolute atomic E-state index is 0.0960. The number of rotatable bonds is 6. The first kappa shape index (κ1) is 23.0. The van der Waals surface area contributed by atoms with Gasteiger partial charge in [-0.15, -0.1) is 0 Å². The first-order valence-electron chi connectivity index (χ1n) is 11.4. The van der Waals surface area contributed by atoms with Gasteiger partial charge in [0.1, 0.15) is 6.23 Å². The number of carbonyl (C=O) groups excluding carboxylic acids is 2.